The number of anilines is 1. The zero-order chi connectivity index (χ0) is 23.2. The van der Waals surface area contributed by atoms with E-state index >= 15 is 0 Å². The Morgan fingerprint density at radius 1 is 1.22 bits per heavy atom. The predicted molar refractivity (Wildman–Crippen MR) is 117 cm³/mol. The quantitative estimate of drug-likeness (QED) is 0.610. The SMILES string of the molecule is CN(c1c2c(c(O)c3ncc(Cc4ccc(F)cc4)cc13)C(=O)N(CCF)C2)S(C)(=O)=O. The van der Waals surface area contributed by atoms with E-state index in [1.54, 1.807) is 18.2 Å². The lowest BCUT2D eigenvalue weighted by Gasteiger charge is -2.23. The van der Waals surface area contributed by atoms with E-state index < -0.39 is 22.6 Å². The summed E-state index contributed by atoms with van der Waals surface area (Å²) in [6.45, 7) is -0.967. The normalized spacial score (nSPS) is 13.6. The van der Waals surface area contributed by atoms with Gasteiger partial charge in [-0.3, -0.25) is 14.1 Å². The first-order valence-electron chi connectivity index (χ1n) is 9.81. The van der Waals surface area contributed by atoms with Crippen molar-refractivity contribution in [2.45, 2.75) is 13.0 Å². The number of fused-ring (bicyclic) bond motifs is 2. The summed E-state index contributed by atoms with van der Waals surface area (Å²) in [6.07, 6.45) is 2.95. The summed E-state index contributed by atoms with van der Waals surface area (Å²) in [5.41, 5.74) is 2.07. The zero-order valence-corrected chi connectivity index (χ0v) is 18.3. The minimum Gasteiger partial charge on any atom is -0.505 e. The third-order valence-electron chi connectivity index (χ3n) is 5.59. The molecule has 0 aliphatic carbocycles. The Bertz CT molecular complexity index is 1330. The number of carbonyl (C=O) groups excluding carboxylic acids is 1. The molecule has 0 saturated heterocycles. The van der Waals surface area contributed by atoms with Crippen LogP contribution in [0.2, 0.25) is 0 Å². The molecule has 2 aromatic carbocycles. The van der Waals surface area contributed by atoms with Gasteiger partial charge in [0, 0.05) is 37.3 Å². The smallest absolute Gasteiger partial charge is 0.258 e. The average molecular weight is 461 g/mol. The van der Waals surface area contributed by atoms with Gasteiger partial charge in [-0.2, -0.15) is 0 Å². The minimum atomic E-state index is -3.73. The molecule has 1 N–H and O–H groups in total. The van der Waals surface area contributed by atoms with Crippen LogP contribution in [0.15, 0.2) is 36.5 Å². The van der Waals surface area contributed by atoms with E-state index in [1.807, 2.05) is 0 Å². The molecule has 0 atom stereocenters. The van der Waals surface area contributed by atoms with Gasteiger partial charge in [0.2, 0.25) is 10.0 Å². The molecule has 2 heterocycles. The lowest BCUT2D eigenvalue weighted by atomic mass is 9.98. The third-order valence-corrected chi connectivity index (χ3v) is 6.76. The first kappa shape index (κ1) is 21.9. The molecule has 0 bridgehead atoms. The number of hydrogen-bond acceptors (Lipinski definition) is 5. The second-order valence-electron chi connectivity index (χ2n) is 7.74. The molecule has 1 amide bonds. The fourth-order valence-electron chi connectivity index (χ4n) is 3.97. The molecule has 0 radical (unpaired) electrons. The average Bonchev–Trinajstić information content (AvgIpc) is 3.05. The second kappa shape index (κ2) is 8.01. The fraction of sp³-hybridized carbons (Fsp3) is 0.273. The van der Waals surface area contributed by atoms with E-state index in [1.165, 1.54) is 30.3 Å². The number of nitrogens with zero attached hydrogens (tertiary/aromatic N) is 3. The lowest BCUT2D eigenvalue weighted by Crippen LogP contribution is -2.27. The number of benzene rings is 2. The molecule has 3 aromatic rings. The molecule has 0 unspecified atom stereocenters. The number of aromatic nitrogens is 1. The van der Waals surface area contributed by atoms with E-state index in [-0.39, 0.29) is 41.4 Å². The first-order valence-corrected chi connectivity index (χ1v) is 11.7. The van der Waals surface area contributed by atoms with Gasteiger partial charge in [-0.05, 0) is 35.7 Å². The van der Waals surface area contributed by atoms with Gasteiger partial charge in [0.05, 0.1) is 17.5 Å². The molecule has 168 valence electrons. The van der Waals surface area contributed by atoms with E-state index in [9.17, 15) is 27.1 Å². The number of phenolic OH excluding ortho intramolecular Hbond substituents is 1. The molecule has 1 aliphatic heterocycles. The number of alkyl halides is 1. The van der Waals surface area contributed by atoms with Crippen LogP contribution in [0.25, 0.3) is 10.9 Å². The van der Waals surface area contributed by atoms with Crippen molar-refractivity contribution >= 4 is 32.5 Å². The van der Waals surface area contributed by atoms with Gasteiger partial charge in [-0.1, -0.05) is 12.1 Å². The predicted octanol–water partition coefficient (Wildman–Crippen LogP) is 2.99. The minimum absolute atomic E-state index is 0.0288. The van der Waals surface area contributed by atoms with Crippen LogP contribution in [0.1, 0.15) is 27.0 Å². The number of sulfonamides is 1. The van der Waals surface area contributed by atoms with Gasteiger partial charge in [0.1, 0.15) is 18.0 Å². The molecule has 0 spiro atoms. The Morgan fingerprint density at radius 3 is 2.53 bits per heavy atom. The summed E-state index contributed by atoms with van der Waals surface area (Å²) < 4.78 is 52.0. The van der Waals surface area contributed by atoms with Crippen molar-refractivity contribution in [1.82, 2.24) is 9.88 Å². The van der Waals surface area contributed by atoms with E-state index in [0.717, 1.165) is 16.1 Å². The van der Waals surface area contributed by atoms with Crippen molar-refractivity contribution in [1.29, 1.82) is 0 Å². The van der Waals surface area contributed by atoms with E-state index in [4.69, 9.17) is 0 Å². The van der Waals surface area contributed by atoms with Crippen LogP contribution in [0, 0.1) is 5.82 Å². The zero-order valence-electron chi connectivity index (χ0n) is 17.5. The monoisotopic (exact) mass is 461 g/mol. The van der Waals surface area contributed by atoms with Crippen LogP contribution in [-0.2, 0) is 23.0 Å². The Morgan fingerprint density at radius 2 is 1.91 bits per heavy atom. The third kappa shape index (κ3) is 3.75. The number of halogens is 2. The molecular weight excluding hydrogens is 440 g/mol. The highest BCUT2D eigenvalue weighted by molar-refractivity contribution is 7.92. The summed E-state index contributed by atoms with van der Waals surface area (Å²) in [6, 6.07) is 7.66. The number of phenols is 1. The van der Waals surface area contributed by atoms with Crippen LogP contribution >= 0.6 is 0 Å². The maximum atomic E-state index is 13.2. The Balaban J connectivity index is 1.94. The first-order chi connectivity index (χ1) is 15.1. The number of hydrogen-bond donors (Lipinski definition) is 1. The van der Waals surface area contributed by atoms with Crippen molar-refractivity contribution in [3.63, 3.8) is 0 Å². The van der Waals surface area contributed by atoms with Gasteiger partial charge in [-0.15, -0.1) is 0 Å². The molecule has 0 saturated carbocycles. The Hall–Kier alpha value is -3.27. The highest BCUT2D eigenvalue weighted by Crippen LogP contribution is 2.44. The molecule has 0 fully saturated rings. The number of pyridine rings is 1. The maximum absolute atomic E-state index is 13.2. The number of amides is 1. The van der Waals surface area contributed by atoms with Crippen LogP contribution in [0.5, 0.6) is 5.75 Å². The van der Waals surface area contributed by atoms with E-state index in [2.05, 4.69) is 4.98 Å². The van der Waals surface area contributed by atoms with Crippen molar-refractivity contribution in [3.8, 4) is 5.75 Å². The molecule has 1 aliphatic rings. The Labute approximate surface area is 184 Å². The summed E-state index contributed by atoms with van der Waals surface area (Å²) in [5.74, 6) is -1.29. The molecule has 7 nitrogen and oxygen atoms in total. The number of aromatic hydroxyl groups is 1. The Kier molecular flexibility index (Phi) is 5.49. The topological polar surface area (TPSA) is 90.8 Å². The lowest BCUT2D eigenvalue weighted by molar-refractivity contribution is 0.0766. The van der Waals surface area contributed by atoms with Gasteiger partial charge in [-0.25, -0.2) is 17.2 Å². The number of rotatable bonds is 6. The fourth-order valence-corrected chi connectivity index (χ4v) is 4.51. The van der Waals surface area contributed by atoms with Gasteiger partial charge in [0.15, 0.2) is 5.75 Å². The molecule has 32 heavy (non-hydrogen) atoms. The van der Waals surface area contributed by atoms with Crippen molar-refractivity contribution < 1.29 is 27.1 Å². The van der Waals surface area contributed by atoms with Gasteiger partial charge >= 0.3 is 0 Å². The number of carbonyl (C=O) groups is 1. The van der Waals surface area contributed by atoms with Crippen molar-refractivity contribution in [3.05, 3.63) is 64.6 Å². The van der Waals surface area contributed by atoms with Crippen molar-refractivity contribution in [2.24, 2.45) is 0 Å². The molecular formula is C22H21F2N3O4S. The molecule has 4 rings (SSSR count). The molecule has 10 heteroatoms. The van der Waals surface area contributed by atoms with Gasteiger partial charge < -0.3 is 10.0 Å². The summed E-state index contributed by atoms with van der Waals surface area (Å²) >= 11 is 0. The maximum Gasteiger partial charge on any atom is 0.258 e. The summed E-state index contributed by atoms with van der Waals surface area (Å²) in [4.78, 5) is 18.3. The highest BCUT2D eigenvalue weighted by atomic mass is 32.2. The van der Waals surface area contributed by atoms with Crippen LogP contribution in [-0.4, -0.2) is 55.8 Å². The standard InChI is InChI=1S/C22H21F2N3O4S/c1-26(32(2,30)31)20-16-10-14(9-13-3-5-15(24)6-4-13)11-25-19(16)21(28)18-17(20)12-27(8-7-23)22(18)29/h3-6,10-11,28H,7-9,12H2,1-2H3. The summed E-state index contributed by atoms with van der Waals surface area (Å²) in [7, 11) is -2.37. The van der Waals surface area contributed by atoms with Crippen LogP contribution in [0.3, 0.4) is 0 Å². The van der Waals surface area contributed by atoms with Gasteiger partial charge in [0.25, 0.3) is 5.91 Å². The second-order valence-corrected chi connectivity index (χ2v) is 9.75. The molecule has 1 aromatic heterocycles. The van der Waals surface area contributed by atoms with E-state index in [0.29, 0.717) is 22.9 Å². The van der Waals surface area contributed by atoms with Crippen molar-refractivity contribution in [2.75, 3.05) is 30.8 Å². The highest BCUT2D eigenvalue weighted by Gasteiger charge is 2.37. The van der Waals surface area contributed by atoms with Crippen LogP contribution in [0.4, 0.5) is 14.5 Å². The summed E-state index contributed by atoms with van der Waals surface area (Å²) in [5, 5.41) is 11.2. The van der Waals surface area contributed by atoms with Crippen LogP contribution < -0.4 is 4.31 Å². The largest absolute Gasteiger partial charge is 0.505 e.